The molecule has 0 unspecified atom stereocenters. The van der Waals surface area contributed by atoms with Gasteiger partial charge in [-0.2, -0.15) is 0 Å². The highest BCUT2D eigenvalue weighted by Crippen LogP contribution is 2.21. The Labute approximate surface area is 98.7 Å². The molecule has 1 aromatic rings. The maximum absolute atomic E-state index is 11.8. The Bertz CT molecular complexity index is 539. The zero-order chi connectivity index (χ0) is 13.2. The summed E-state index contributed by atoms with van der Waals surface area (Å²) in [4.78, 5) is 13.4. The fourth-order valence-electron chi connectivity index (χ4n) is 1.30. The molecule has 0 amide bonds. The molecular formula is C9H13N3O4S. The van der Waals surface area contributed by atoms with Crippen LogP contribution in [0.4, 0.5) is 11.5 Å². The first-order chi connectivity index (χ1) is 7.74. The van der Waals surface area contributed by atoms with Gasteiger partial charge in [-0.15, -0.1) is 0 Å². The van der Waals surface area contributed by atoms with Gasteiger partial charge < -0.3 is 5.73 Å². The number of hydrogen-bond donors (Lipinski definition) is 1. The molecule has 17 heavy (non-hydrogen) atoms. The Morgan fingerprint density at radius 2 is 2.06 bits per heavy atom. The molecule has 0 bridgehead atoms. The molecule has 0 aliphatic heterocycles. The second-order valence-corrected chi connectivity index (χ2v) is 5.97. The minimum absolute atomic E-state index is 0.0572. The molecule has 7 nitrogen and oxygen atoms in total. The average Bonchev–Trinajstić information content (AvgIpc) is 2.14. The van der Waals surface area contributed by atoms with E-state index >= 15 is 0 Å². The number of aromatic nitrogens is 1. The third kappa shape index (κ3) is 3.13. The van der Waals surface area contributed by atoms with Crippen LogP contribution in [-0.4, -0.2) is 24.1 Å². The fraction of sp³-hybridized carbons (Fsp3) is 0.444. The second kappa shape index (κ2) is 4.66. The lowest BCUT2D eigenvalue weighted by Crippen LogP contribution is -2.14. The van der Waals surface area contributed by atoms with Crippen molar-refractivity contribution in [1.29, 1.82) is 0 Å². The lowest BCUT2D eigenvalue weighted by atomic mass is 10.3. The second-order valence-electron chi connectivity index (χ2n) is 3.99. The molecule has 1 heterocycles. The Morgan fingerprint density at radius 3 is 2.47 bits per heavy atom. The van der Waals surface area contributed by atoms with Gasteiger partial charge in [0.25, 0.3) is 0 Å². The molecule has 0 saturated carbocycles. The Balaban J connectivity index is 3.18. The van der Waals surface area contributed by atoms with Crippen LogP contribution in [0.25, 0.3) is 0 Å². The van der Waals surface area contributed by atoms with Crippen molar-refractivity contribution in [1.82, 2.24) is 4.98 Å². The van der Waals surface area contributed by atoms with Crippen molar-refractivity contribution < 1.29 is 13.3 Å². The van der Waals surface area contributed by atoms with E-state index in [2.05, 4.69) is 4.98 Å². The summed E-state index contributed by atoms with van der Waals surface area (Å²) in [5, 5.41) is 10.3. The Kier molecular flexibility index (Phi) is 3.66. The van der Waals surface area contributed by atoms with E-state index in [1.807, 2.05) is 0 Å². The maximum Gasteiger partial charge on any atom is 0.311 e. The first-order valence-electron chi connectivity index (χ1n) is 4.87. The topological polar surface area (TPSA) is 116 Å². The minimum Gasteiger partial charge on any atom is -0.378 e. The van der Waals surface area contributed by atoms with Gasteiger partial charge in [-0.05, 0) is 12.0 Å². The summed E-state index contributed by atoms with van der Waals surface area (Å²) in [6, 6.07) is 2.15. The summed E-state index contributed by atoms with van der Waals surface area (Å²) >= 11 is 0. The van der Waals surface area contributed by atoms with Crippen molar-refractivity contribution in [3.8, 4) is 0 Å². The lowest BCUT2D eigenvalue weighted by Gasteiger charge is -2.06. The van der Waals surface area contributed by atoms with E-state index in [1.54, 1.807) is 13.8 Å². The number of nitrogens with two attached hydrogens (primary N) is 1. The fourth-order valence-corrected chi connectivity index (χ4v) is 2.86. The Hall–Kier alpha value is -1.70. The van der Waals surface area contributed by atoms with E-state index in [4.69, 9.17) is 5.73 Å². The molecule has 0 aromatic carbocycles. The smallest absolute Gasteiger partial charge is 0.311 e. The highest BCUT2D eigenvalue weighted by molar-refractivity contribution is 7.91. The van der Waals surface area contributed by atoms with E-state index in [0.29, 0.717) is 0 Å². The van der Waals surface area contributed by atoms with Gasteiger partial charge in [0.05, 0.1) is 10.7 Å². The summed E-state index contributed by atoms with van der Waals surface area (Å²) in [6.07, 6.45) is 0. The summed E-state index contributed by atoms with van der Waals surface area (Å²) in [7, 11) is -3.54. The SMILES string of the molecule is CC(C)CS(=O)(=O)c1ccc([N+](=O)[O-])c(N)n1. The molecular weight excluding hydrogens is 246 g/mol. The standard InChI is InChI=1S/C9H13N3O4S/c1-6(2)5-17(15,16)8-4-3-7(12(13)14)9(10)11-8/h3-4,6H,5H2,1-2H3,(H2,10,11). The monoisotopic (exact) mass is 259 g/mol. The van der Waals surface area contributed by atoms with E-state index in [-0.39, 0.29) is 22.5 Å². The van der Waals surface area contributed by atoms with Crippen LogP contribution >= 0.6 is 0 Å². The summed E-state index contributed by atoms with van der Waals surface area (Å²) in [5.41, 5.74) is 4.94. The van der Waals surface area contributed by atoms with Gasteiger partial charge in [0, 0.05) is 6.07 Å². The summed E-state index contributed by atoms with van der Waals surface area (Å²) in [5.74, 6) is -0.518. The largest absolute Gasteiger partial charge is 0.378 e. The molecule has 0 radical (unpaired) electrons. The van der Waals surface area contributed by atoms with Gasteiger partial charge in [0.1, 0.15) is 0 Å². The number of pyridine rings is 1. The van der Waals surface area contributed by atoms with Crippen LogP contribution in [0.3, 0.4) is 0 Å². The first-order valence-corrected chi connectivity index (χ1v) is 6.53. The van der Waals surface area contributed by atoms with Crippen molar-refractivity contribution in [3.05, 3.63) is 22.2 Å². The molecule has 0 spiro atoms. The molecule has 94 valence electrons. The molecule has 1 rings (SSSR count). The number of anilines is 1. The average molecular weight is 259 g/mol. The van der Waals surface area contributed by atoms with Crippen molar-refractivity contribution in [3.63, 3.8) is 0 Å². The maximum atomic E-state index is 11.8. The van der Waals surface area contributed by atoms with Crippen LogP contribution in [0.5, 0.6) is 0 Å². The predicted molar refractivity (Wildman–Crippen MR) is 62.2 cm³/mol. The van der Waals surface area contributed by atoms with Gasteiger partial charge in [-0.3, -0.25) is 10.1 Å². The van der Waals surface area contributed by atoms with Crippen LogP contribution in [0.2, 0.25) is 0 Å². The van der Waals surface area contributed by atoms with Crippen LogP contribution in [-0.2, 0) is 9.84 Å². The number of hydrogen-bond acceptors (Lipinski definition) is 6. The first kappa shape index (κ1) is 13.4. The van der Waals surface area contributed by atoms with Gasteiger partial charge >= 0.3 is 5.69 Å². The van der Waals surface area contributed by atoms with Crippen molar-refractivity contribution in [2.24, 2.45) is 5.92 Å². The molecule has 2 N–H and O–H groups in total. The predicted octanol–water partition coefficient (Wildman–Crippen LogP) is 1.00. The number of nitro groups is 1. The minimum atomic E-state index is -3.54. The highest BCUT2D eigenvalue weighted by Gasteiger charge is 2.21. The molecule has 0 aliphatic carbocycles. The van der Waals surface area contributed by atoms with Gasteiger partial charge in [0.2, 0.25) is 5.82 Å². The zero-order valence-electron chi connectivity index (χ0n) is 9.45. The highest BCUT2D eigenvalue weighted by atomic mass is 32.2. The molecule has 0 aliphatic rings. The Morgan fingerprint density at radius 1 is 1.47 bits per heavy atom. The lowest BCUT2D eigenvalue weighted by molar-refractivity contribution is -0.384. The molecule has 8 heteroatoms. The summed E-state index contributed by atoms with van der Waals surface area (Å²) in [6.45, 7) is 3.51. The van der Waals surface area contributed by atoms with E-state index in [1.165, 1.54) is 0 Å². The molecule has 0 saturated heterocycles. The van der Waals surface area contributed by atoms with E-state index < -0.39 is 20.4 Å². The third-order valence-corrected chi connectivity index (χ3v) is 3.92. The van der Waals surface area contributed by atoms with Crippen LogP contribution in [0.1, 0.15) is 13.8 Å². The van der Waals surface area contributed by atoms with Crippen LogP contribution in [0.15, 0.2) is 17.2 Å². The third-order valence-electron chi connectivity index (χ3n) is 1.94. The normalized spacial score (nSPS) is 11.7. The van der Waals surface area contributed by atoms with Crippen LogP contribution < -0.4 is 5.73 Å². The number of nitrogens with zero attached hydrogens (tertiary/aromatic N) is 2. The number of sulfone groups is 1. The van der Waals surface area contributed by atoms with Gasteiger partial charge in [-0.1, -0.05) is 13.8 Å². The van der Waals surface area contributed by atoms with Gasteiger partial charge in [-0.25, -0.2) is 13.4 Å². The molecule has 0 atom stereocenters. The quantitative estimate of drug-likeness (QED) is 0.636. The molecule has 1 aromatic heterocycles. The molecule has 0 fully saturated rings. The van der Waals surface area contributed by atoms with E-state index in [9.17, 15) is 18.5 Å². The van der Waals surface area contributed by atoms with Crippen molar-refractivity contribution >= 4 is 21.3 Å². The van der Waals surface area contributed by atoms with E-state index in [0.717, 1.165) is 12.1 Å². The van der Waals surface area contributed by atoms with Crippen LogP contribution in [0, 0.1) is 16.0 Å². The summed E-state index contributed by atoms with van der Waals surface area (Å²) < 4.78 is 23.6. The van der Waals surface area contributed by atoms with Crippen molar-refractivity contribution in [2.75, 3.05) is 11.5 Å². The zero-order valence-corrected chi connectivity index (χ0v) is 10.3. The van der Waals surface area contributed by atoms with Gasteiger partial charge in [0.15, 0.2) is 14.9 Å². The van der Waals surface area contributed by atoms with Crippen molar-refractivity contribution in [2.45, 2.75) is 18.9 Å². The number of nitrogen functional groups attached to an aromatic ring is 1. The number of rotatable bonds is 4.